The molecule has 1 fully saturated rings. The second-order valence-corrected chi connectivity index (χ2v) is 4.41. The van der Waals surface area contributed by atoms with Crippen LogP contribution in [0.1, 0.15) is 6.92 Å². The number of likely N-dealkylation sites (tertiary alicyclic amines) is 1. The third kappa shape index (κ3) is 3.49. The number of β-amino-alcohol motifs (C(OH)–C–C–N with tert-alkyl or cyclic N) is 1. The van der Waals surface area contributed by atoms with Gasteiger partial charge in [0.25, 0.3) is 0 Å². The van der Waals surface area contributed by atoms with Crippen LogP contribution in [0.25, 0.3) is 0 Å². The predicted octanol–water partition coefficient (Wildman–Crippen LogP) is 2.21. The average Bonchev–Trinajstić information content (AvgIpc) is 2.63. The van der Waals surface area contributed by atoms with E-state index in [1.54, 1.807) is 6.07 Å². The molecule has 2 rings (SSSR count). The Morgan fingerprint density at radius 1 is 1.41 bits per heavy atom. The number of aliphatic hydroxyl groups is 1. The van der Waals surface area contributed by atoms with Crippen LogP contribution in [0.2, 0.25) is 5.02 Å². The summed E-state index contributed by atoms with van der Waals surface area (Å²) < 4.78 is 5.73. The lowest BCUT2D eigenvalue weighted by Crippen LogP contribution is -2.30. The summed E-state index contributed by atoms with van der Waals surface area (Å²) in [5.74, 6) is 0.645. The fraction of sp³-hybridized carbons (Fsp3) is 0.500. The van der Waals surface area contributed by atoms with Crippen LogP contribution in [0.5, 0.6) is 5.75 Å². The summed E-state index contributed by atoms with van der Waals surface area (Å²) in [4.78, 5) is 2.16. The van der Waals surface area contributed by atoms with E-state index in [0.717, 1.165) is 13.1 Å². The number of nitrogens with zero attached hydrogens (tertiary/aromatic N) is 1. The van der Waals surface area contributed by atoms with E-state index in [4.69, 9.17) is 16.3 Å². The molecule has 0 bridgehead atoms. The highest BCUT2D eigenvalue weighted by Gasteiger charge is 2.32. The molecule has 0 saturated carbocycles. The standard InChI is InChI=1S/C12H16ClNO2.ClH/c1-2-14-7-10(15)12(8-14)16-11-6-4-3-5-9(11)13;/h3-6,10,12,15H,2,7-8H2,1H3;1H/t10-,12-;/m0./s1. The van der Waals surface area contributed by atoms with Crippen molar-refractivity contribution in [3.8, 4) is 5.75 Å². The number of benzene rings is 1. The first-order valence-electron chi connectivity index (χ1n) is 5.52. The van der Waals surface area contributed by atoms with E-state index in [1.165, 1.54) is 0 Å². The third-order valence-corrected chi connectivity index (χ3v) is 3.19. The van der Waals surface area contributed by atoms with E-state index in [2.05, 4.69) is 11.8 Å². The van der Waals surface area contributed by atoms with Crippen molar-refractivity contribution in [2.75, 3.05) is 19.6 Å². The number of hydrogen-bond acceptors (Lipinski definition) is 3. The number of halogens is 2. The molecule has 0 aromatic heterocycles. The molecular weight excluding hydrogens is 261 g/mol. The average molecular weight is 278 g/mol. The Kier molecular flexibility index (Phi) is 5.53. The summed E-state index contributed by atoms with van der Waals surface area (Å²) in [6.07, 6.45) is -0.615. The van der Waals surface area contributed by atoms with Gasteiger partial charge >= 0.3 is 0 Å². The van der Waals surface area contributed by atoms with Gasteiger partial charge in [-0.1, -0.05) is 30.7 Å². The van der Waals surface area contributed by atoms with Gasteiger partial charge in [-0.15, -0.1) is 12.4 Å². The number of aliphatic hydroxyl groups excluding tert-OH is 1. The Hall–Kier alpha value is -0.480. The fourth-order valence-electron chi connectivity index (χ4n) is 1.91. The Morgan fingerprint density at radius 2 is 2.12 bits per heavy atom. The van der Waals surface area contributed by atoms with Crippen molar-refractivity contribution in [1.29, 1.82) is 0 Å². The second kappa shape index (κ2) is 6.45. The van der Waals surface area contributed by atoms with Crippen molar-refractivity contribution >= 4 is 24.0 Å². The zero-order valence-corrected chi connectivity index (χ0v) is 11.2. The summed E-state index contributed by atoms with van der Waals surface area (Å²) >= 11 is 6.00. The lowest BCUT2D eigenvalue weighted by molar-refractivity contribution is 0.0737. The number of hydrogen-bond donors (Lipinski definition) is 1. The molecule has 96 valence electrons. The van der Waals surface area contributed by atoms with Crippen molar-refractivity contribution in [3.63, 3.8) is 0 Å². The molecule has 0 radical (unpaired) electrons. The molecule has 1 aromatic rings. The van der Waals surface area contributed by atoms with Gasteiger partial charge in [0, 0.05) is 13.1 Å². The largest absolute Gasteiger partial charge is 0.485 e. The fourth-order valence-corrected chi connectivity index (χ4v) is 2.09. The number of likely N-dealkylation sites (N-methyl/N-ethyl adjacent to an activating group) is 1. The summed E-state index contributed by atoms with van der Waals surface area (Å²) in [7, 11) is 0. The third-order valence-electron chi connectivity index (χ3n) is 2.87. The Labute approximate surface area is 113 Å². The number of rotatable bonds is 3. The van der Waals surface area contributed by atoms with E-state index >= 15 is 0 Å². The topological polar surface area (TPSA) is 32.7 Å². The van der Waals surface area contributed by atoms with E-state index < -0.39 is 6.10 Å². The SMILES string of the molecule is CCN1C[C@H](Oc2ccccc2Cl)[C@@H](O)C1.Cl. The lowest BCUT2D eigenvalue weighted by atomic mass is 10.2. The molecule has 2 atom stereocenters. The molecule has 1 aromatic carbocycles. The first-order chi connectivity index (χ1) is 7.70. The van der Waals surface area contributed by atoms with Crippen LogP contribution in [0, 0.1) is 0 Å². The molecule has 1 saturated heterocycles. The number of ether oxygens (including phenoxy) is 1. The highest BCUT2D eigenvalue weighted by atomic mass is 35.5. The normalized spacial score (nSPS) is 24.4. The van der Waals surface area contributed by atoms with Gasteiger partial charge < -0.3 is 9.84 Å². The highest BCUT2D eigenvalue weighted by Crippen LogP contribution is 2.26. The van der Waals surface area contributed by atoms with Crippen molar-refractivity contribution in [3.05, 3.63) is 29.3 Å². The van der Waals surface area contributed by atoms with Gasteiger partial charge in [-0.25, -0.2) is 0 Å². The minimum absolute atomic E-state index is 0. The zero-order valence-electron chi connectivity index (χ0n) is 9.67. The van der Waals surface area contributed by atoms with E-state index in [9.17, 15) is 5.11 Å². The molecule has 1 aliphatic rings. The van der Waals surface area contributed by atoms with Crippen LogP contribution in [0.3, 0.4) is 0 Å². The van der Waals surface area contributed by atoms with Crippen LogP contribution >= 0.6 is 24.0 Å². The lowest BCUT2D eigenvalue weighted by Gasteiger charge is -2.17. The Morgan fingerprint density at radius 3 is 2.71 bits per heavy atom. The van der Waals surface area contributed by atoms with E-state index in [1.807, 2.05) is 18.2 Å². The summed E-state index contributed by atoms with van der Waals surface area (Å²) in [6.45, 7) is 4.43. The van der Waals surface area contributed by atoms with Gasteiger partial charge in [0.05, 0.1) is 5.02 Å². The first-order valence-corrected chi connectivity index (χ1v) is 5.90. The zero-order chi connectivity index (χ0) is 11.5. The molecule has 0 amide bonds. The van der Waals surface area contributed by atoms with Gasteiger partial charge in [0.1, 0.15) is 18.0 Å². The van der Waals surface area contributed by atoms with Crippen LogP contribution in [0.15, 0.2) is 24.3 Å². The molecule has 1 aliphatic heterocycles. The van der Waals surface area contributed by atoms with Crippen molar-refractivity contribution in [2.24, 2.45) is 0 Å². The molecule has 5 heteroatoms. The molecule has 1 heterocycles. The summed E-state index contributed by atoms with van der Waals surface area (Å²) in [5.41, 5.74) is 0. The molecule has 17 heavy (non-hydrogen) atoms. The maximum Gasteiger partial charge on any atom is 0.138 e. The Bertz CT molecular complexity index is 362. The van der Waals surface area contributed by atoms with Crippen LogP contribution in [-0.2, 0) is 0 Å². The molecular formula is C12H17Cl2NO2. The molecule has 3 nitrogen and oxygen atoms in total. The van der Waals surface area contributed by atoms with E-state index in [0.29, 0.717) is 17.3 Å². The smallest absolute Gasteiger partial charge is 0.138 e. The molecule has 0 aliphatic carbocycles. The molecule has 0 unspecified atom stereocenters. The van der Waals surface area contributed by atoms with Gasteiger partial charge in [0.2, 0.25) is 0 Å². The van der Waals surface area contributed by atoms with Crippen molar-refractivity contribution in [2.45, 2.75) is 19.1 Å². The maximum absolute atomic E-state index is 9.83. The van der Waals surface area contributed by atoms with Gasteiger partial charge in [0.15, 0.2) is 0 Å². The van der Waals surface area contributed by atoms with Crippen LogP contribution in [0.4, 0.5) is 0 Å². The highest BCUT2D eigenvalue weighted by molar-refractivity contribution is 6.32. The minimum Gasteiger partial charge on any atom is -0.485 e. The van der Waals surface area contributed by atoms with Crippen LogP contribution < -0.4 is 4.74 Å². The number of para-hydroxylation sites is 1. The van der Waals surface area contributed by atoms with Gasteiger partial charge in [-0.3, -0.25) is 4.90 Å². The minimum atomic E-state index is -0.434. The van der Waals surface area contributed by atoms with E-state index in [-0.39, 0.29) is 18.5 Å². The second-order valence-electron chi connectivity index (χ2n) is 4.01. The maximum atomic E-state index is 9.83. The van der Waals surface area contributed by atoms with Gasteiger partial charge in [-0.05, 0) is 18.7 Å². The first kappa shape index (κ1) is 14.6. The molecule has 0 spiro atoms. The molecule has 1 N–H and O–H groups in total. The summed E-state index contributed by atoms with van der Waals surface area (Å²) in [5, 5.41) is 10.4. The van der Waals surface area contributed by atoms with Crippen LogP contribution in [-0.4, -0.2) is 41.8 Å². The van der Waals surface area contributed by atoms with Crippen molar-refractivity contribution in [1.82, 2.24) is 4.90 Å². The quantitative estimate of drug-likeness (QED) is 0.920. The monoisotopic (exact) mass is 277 g/mol. The predicted molar refractivity (Wildman–Crippen MR) is 71.2 cm³/mol. The summed E-state index contributed by atoms with van der Waals surface area (Å²) in [6, 6.07) is 7.35. The Balaban J connectivity index is 0.00000144. The van der Waals surface area contributed by atoms with Crippen molar-refractivity contribution < 1.29 is 9.84 Å². The van der Waals surface area contributed by atoms with Gasteiger partial charge in [-0.2, -0.15) is 0 Å².